The number of fused-ring (bicyclic) bond motifs is 3. The van der Waals surface area contributed by atoms with Crippen molar-refractivity contribution in [3.8, 4) is 0 Å². The number of carbonyl (C=O) groups excluding carboxylic acids is 3. The summed E-state index contributed by atoms with van der Waals surface area (Å²) < 4.78 is 11.2. The quantitative estimate of drug-likeness (QED) is 0.316. The highest BCUT2D eigenvalue weighted by Gasteiger charge is 2.78. The number of carbonyl (C=O) groups is 3. The van der Waals surface area contributed by atoms with E-state index in [2.05, 4.69) is 32.6 Å². The third-order valence-electron chi connectivity index (χ3n) is 9.10. The van der Waals surface area contributed by atoms with Gasteiger partial charge in [-0.05, 0) is 80.6 Å². The molecule has 5 aliphatic rings. The molecule has 6 rings (SSSR count). The number of Topliss-reactive ketones (excluding diaryl/α,β-unsaturated/α-hetero) is 1. The van der Waals surface area contributed by atoms with Crippen molar-refractivity contribution in [3.05, 3.63) is 48.0 Å². The smallest absolute Gasteiger partial charge is 0.194 e. The van der Waals surface area contributed by atoms with Crippen molar-refractivity contribution in [2.24, 2.45) is 28.6 Å². The Labute approximate surface area is 207 Å². The Morgan fingerprint density at radius 2 is 1.85 bits per heavy atom. The average molecular weight is 485 g/mol. The molecule has 4 aliphatic carbocycles. The Kier molecular flexibility index (Phi) is 6.62. The van der Waals surface area contributed by atoms with Crippen molar-refractivity contribution in [1.82, 2.24) is 0 Å². The second-order valence-electron chi connectivity index (χ2n) is 10.5. The number of allylic oxidation sites excluding steroid dienone is 2. The summed E-state index contributed by atoms with van der Waals surface area (Å²) in [6, 6.07) is 3.33. The molecule has 1 saturated heterocycles. The number of furan rings is 1. The molecule has 34 heavy (non-hydrogen) atoms. The molecule has 1 aromatic heterocycles. The molecule has 2 heterocycles. The fraction of sp³-hybridized carbons (Fsp3) is 0.607. The molecule has 5 nitrogen and oxygen atoms in total. The Morgan fingerprint density at radius 3 is 2.44 bits per heavy atom. The lowest BCUT2D eigenvalue weighted by Gasteiger charge is -2.54. The van der Waals surface area contributed by atoms with E-state index in [9.17, 15) is 14.4 Å². The zero-order valence-electron chi connectivity index (χ0n) is 20.8. The lowest BCUT2D eigenvalue weighted by atomic mass is 9.47. The van der Waals surface area contributed by atoms with E-state index in [1.165, 1.54) is 18.8 Å². The van der Waals surface area contributed by atoms with Gasteiger partial charge in [-0.3, -0.25) is 14.4 Å². The predicted molar refractivity (Wildman–Crippen MR) is 134 cm³/mol. The van der Waals surface area contributed by atoms with Crippen molar-refractivity contribution in [2.75, 3.05) is 0 Å². The molecule has 1 aliphatic heterocycles. The standard InChI is InChI=1S/C20H24O3S.C6H6O2.C2H6/c1-18-10-16-20(23-16)14(13(18)5-6-15(18)17(22)24)4-3-11-9-12(21)7-8-19(11,20)2;1-5(7)6-3-2-4-8-6;1-2/h7-9,13-16H,3-6,10H2,1-2H3,(H,22,24);2-4H,1H3;1-2H3. The van der Waals surface area contributed by atoms with Crippen LogP contribution in [-0.4, -0.2) is 28.4 Å². The molecule has 3 saturated carbocycles. The van der Waals surface area contributed by atoms with Gasteiger partial charge in [0.15, 0.2) is 22.4 Å². The predicted octanol–water partition coefficient (Wildman–Crippen LogP) is 6.01. The van der Waals surface area contributed by atoms with Gasteiger partial charge >= 0.3 is 0 Å². The highest BCUT2D eigenvalue weighted by Crippen LogP contribution is 2.75. The summed E-state index contributed by atoms with van der Waals surface area (Å²) in [5.41, 5.74) is 0.975. The van der Waals surface area contributed by atoms with Gasteiger partial charge in [-0.2, -0.15) is 0 Å². The van der Waals surface area contributed by atoms with Gasteiger partial charge in [0, 0.05) is 18.3 Å². The lowest BCUT2D eigenvalue weighted by molar-refractivity contribution is -0.119. The Hall–Kier alpha value is -1.92. The fourth-order valence-electron chi connectivity index (χ4n) is 7.53. The van der Waals surface area contributed by atoms with Crippen LogP contribution in [0, 0.1) is 28.6 Å². The van der Waals surface area contributed by atoms with Crippen LogP contribution in [0.25, 0.3) is 0 Å². The second kappa shape index (κ2) is 8.94. The summed E-state index contributed by atoms with van der Waals surface area (Å²) in [6.45, 7) is 10.0. The first kappa shape index (κ1) is 25.2. The Bertz CT molecular complexity index is 1040. The molecule has 0 bridgehead atoms. The van der Waals surface area contributed by atoms with Crippen LogP contribution < -0.4 is 0 Å². The summed E-state index contributed by atoms with van der Waals surface area (Å²) >= 11 is 4.19. The molecule has 184 valence electrons. The van der Waals surface area contributed by atoms with Gasteiger partial charge < -0.3 is 9.15 Å². The molecule has 4 fully saturated rings. The summed E-state index contributed by atoms with van der Waals surface area (Å²) in [6.07, 6.45) is 12.4. The van der Waals surface area contributed by atoms with Gasteiger partial charge in [0.05, 0.1) is 12.4 Å². The Balaban J connectivity index is 0.000000232. The first-order valence-corrected chi connectivity index (χ1v) is 13.0. The maximum Gasteiger partial charge on any atom is 0.194 e. The van der Waals surface area contributed by atoms with Crippen LogP contribution in [0.3, 0.4) is 0 Å². The van der Waals surface area contributed by atoms with Crippen LogP contribution in [0.1, 0.15) is 77.3 Å². The van der Waals surface area contributed by atoms with E-state index in [4.69, 9.17) is 9.15 Å². The van der Waals surface area contributed by atoms with E-state index in [1.54, 1.807) is 18.2 Å². The van der Waals surface area contributed by atoms with E-state index in [-0.39, 0.29) is 45.1 Å². The van der Waals surface area contributed by atoms with Gasteiger partial charge in [0.25, 0.3) is 0 Å². The van der Waals surface area contributed by atoms with Crippen molar-refractivity contribution in [3.63, 3.8) is 0 Å². The SMILES string of the molecule is CC.CC(=O)c1ccco1.CC12CC3OC34C(CCC3=CC(=O)C=CC34C)C1CCC2C(=O)S. The van der Waals surface area contributed by atoms with Crippen LogP contribution in [0.5, 0.6) is 0 Å². The fourth-order valence-corrected chi connectivity index (χ4v) is 7.95. The molecule has 1 spiro atoms. The molecule has 6 heteroatoms. The number of epoxide rings is 1. The number of thiol groups is 1. The van der Waals surface area contributed by atoms with E-state index < -0.39 is 0 Å². The van der Waals surface area contributed by atoms with Crippen LogP contribution >= 0.6 is 12.6 Å². The summed E-state index contributed by atoms with van der Waals surface area (Å²) in [7, 11) is 0. The van der Waals surface area contributed by atoms with Gasteiger partial charge in [0.2, 0.25) is 0 Å². The largest absolute Gasteiger partial charge is 0.461 e. The zero-order valence-corrected chi connectivity index (χ0v) is 21.7. The van der Waals surface area contributed by atoms with Crippen LogP contribution in [0.2, 0.25) is 0 Å². The molecule has 1 aromatic rings. The molecule has 7 atom stereocenters. The van der Waals surface area contributed by atoms with E-state index in [1.807, 2.05) is 19.9 Å². The topological polar surface area (TPSA) is 76.9 Å². The number of ketones is 2. The van der Waals surface area contributed by atoms with Gasteiger partial charge in [0.1, 0.15) is 5.60 Å². The maximum atomic E-state index is 12.1. The van der Waals surface area contributed by atoms with Crippen molar-refractivity contribution >= 4 is 29.3 Å². The lowest BCUT2D eigenvalue weighted by Crippen LogP contribution is -2.56. The highest BCUT2D eigenvalue weighted by atomic mass is 32.1. The molecular formula is C28H36O5S. The van der Waals surface area contributed by atoms with Crippen molar-refractivity contribution in [2.45, 2.75) is 78.4 Å². The number of hydrogen-bond acceptors (Lipinski definition) is 5. The van der Waals surface area contributed by atoms with Crippen molar-refractivity contribution in [1.29, 1.82) is 0 Å². The minimum Gasteiger partial charge on any atom is -0.461 e. The summed E-state index contributed by atoms with van der Waals surface area (Å²) in [4.78, 5) is 34.3. The van der Waals surface area contributed by atoms with Gasteiger partial charge in [-0.1, -0.05) is 32.4 Å². The molecule has 7 unspecified atom stereocenters. The second-order valence-corrected chi connectivity index (χ2v) is 10.9. The minimum absolute atomic E-state index is 0.0277. The summed E-state index contributed by atoms with van der Waals surface area (Å²) in [5, 5.41) is 0.0546. The summed E-state index contributed by atoms with van der Waals surface area (Å²) in [5.74, 6) is 1.58. The zero-order chi connectivity index (χ0) is 24.9. The first-order chi connectivity index (χ1) is 16.1. The number of hydrogen-bond donors (Lipinski definition) is 1. The van der Waals surface area contributed by atoms with Crippen LogP contribution in [0.4, 0.5) is 0 Å². The third kappa shape index (κ3) is 3.60. The maximum absolute atomic E-state index is 12.1. The van der Waals surface area contributed by atoms with Gasteiger partial charge in [-0.15, -0.1) is 12.6 Å². The normalized spacial score (nSPS) is 40.6. The third-order valence-corrected chi connectivity index (χ3v) is 9.41. The number of ether oxygens (including phenoxy) is 1. The monoisotopic (exact) mass is 484 g/mol. The molecule has 0 N–H and O–H groups in total. The van der Waals surface area contributed by atoms with Crippen molar-refractivity contribution < 1.29 is 23.5 Å². The minimum atomic E-state index is -0.154. The molecular weight excluding hydrogens is 448 g/mol. The van der Waals surface area contributed by atoms with E-state index in [0.29, 0.717) is 17.6 Å². The van der Waals surface area contributed by atoms with Crippen LogP contribution in [-0.2, 0) is 14.3 Å². The Morgan fingerprint density at radius 1 is 1.12 bits per heavy atom. The molecule has 0 radical (unpaired) electrons. The van der Waals surface area contributed by atoms with Crippen LogP contribution in [0.15, 0.2) is 46.6 Å². The van der Waals surface area contributed by atoms with E-state index >= 15 is 0 Å². The molecule has 0 amide bonds. The van der Waals surface area contributed by atoms with E-state index in [0.717, 1.165) is 32.1 Å². The highest BCUT2D eigenvalue weighted by molar-refractivity contribution is 7.96. The van der Waals surface area contributed by atoms with Gasteiger partial charge in [-0.25, -0.2) is 0 Å². The molecule has 0 aromatic carbocycles. The first-order valence-electron chi connectivity index (χ1n) is 12.5. The number of rotatable bonds is 2. The average Bonchev–Trinajstić information content (AvgIpc) is 3.15.